The maximum Gasteiger partial charge on any atom is 2.00 e. The quantitative estimate of drug-likeness (QED) is 0.425. The number of hydrogen-bond acceptors (Lipinski definition) is 3. The summed E-state index contributed by atoms with van der Waals surface area (Å²) in [6.07, 6.45) is -0.532. The third-order valence-corrected chi connectivity index (χ3v) is 0.712. The van der Waals surface area contributed by atoms with Crippen LogP contribution in [0.25, 0.3) is 0 Å². The van der Waals surface area contributed by atoms with Gasteiger partial charge in [-0.25, -0.2) is 0 Å². The number of carboxylic acid groups (broad SMARTS) is 2. The molecule has 5 nitrogen and oxygen atoms in total. The smallest absolute Gasteiger partial charge is 1.00 e. The van der Waals surface area contributed by atoms with Gasteiger partial charge in [0.1, 0.15) is 6.04 Å². The first kappa shape index (κ1) is 24.3. The molecule has 0 heterocycles. The van der Waals surface area contributed by atoms with Crippen molar-refractivity contribution >= 4 is 35.0 Å². The fourth-order valence-electron chi connectivity index (χ4n) is 0.275. The van der Waals surface area contributed by atoms with Gasteiger partial charge in [-0.05, 0) is 0 Å². The van der Waals surface area contributed by atoms with E-state index in [9.17, 15) is 9.59 Å². The molecule has 8 heteroatoms. The van der Waals surface area contributed by atoms with Crippen molar-refractivity contribution in [3.63, 3.8) is 0 Å². The standard InChI is InChI=1S/C4H7NO4.2K.Mg.4H/c5-2(4(8)9)1-3(6)7;;;;;;;/h2H,1,5H2,(H,6,7)(H,8,9);;;;;;;/q;2*+1;+2;4*-1. The fraction of sp³-hybridized carbons (Fsp3) is 0.500. The zero-order chi connectivity index (χ0) is 7.44. The van der Waals surface area contributed by atoms with Gasteiger partial charge in [0, 0.05) is 0 Å². The first-order valence-electron chi connectivity index (χ1n) is 2.24. The van der Waals surface area contributed by atoms with E-state index in [1.54, 1.807) is 0 Å². The van der Waals surface area contributed by atoms with Crippen molar-refractivity contribution in [2.24, 2.45) is 5.73 Å². The topological polar surface area (TPSA) is 101 Å². The third-order valence-electron chi connectivity index (χ3n) is 0.712. The van der Waals surface area contributed by atoms with Gasteiger partial charge in [0.15, 0.2) is 0 Å². The molecule has 60 valence electrons. The van der Waals surface area contributed by atoms with E-state index in [-0.39, 0.29) is 132 Å². The minimum atomic E-state index is -1.29. The van der Waals surface area contributed by atoms with Gasteiger partial charge in [-0.15, -0.1) is 0 Å². The average Bonchev–Trinajstić information content (AvgIpc) is 1.63. The monoisotopic (exact) mass is 239 g/mol. The van der Waals surface area contributed by atoms with Crippen LogP contribution in [-0.2, 0) is 9.59 Å². The van der Waals surface area contributed by atoms with Crippen molar-refractivity contribution in [3.05, 3.63) is 0 Å². The Bertz CT molecular complexity index is 158. The summed E-state index contributed by atoms with van der Waals surface area (Å²) in [7, 11) is 0. The van der Waals surface area contributed by atoms with Gasteiger partial charge in [-0.3, -0.25) is 9.59 Å². The minimum absolute atomic E-state index is 0. The van der Waals surface area contributed by atoms with Crippen LogP contribution in [0.1, 0.15) is 12.1 Å². The predicted octanol–water partition coefficient (Wildman–Crippen LogP) is -7.05. The van der Waals surface area contributed by atoms with Crippen molar-refractivity contribution in [3.8, 4) is 0 Å². The normalized spacial score (nSPS) is 9.42. The Morgan fingerprint density at radius 2 is 1.67 bits per heavy atom. The number of rotatable bonds is 3. The molecule has 0 aliphatic heterocycles. The van der Waals surface area contributed by atoms with Crippen molar-refractivity contribution in [2.45, 2.75) is 12.5 Å². The molecule has 0 bridgehead atoms. The van der Waals surface area contributed by atoms with Gasteiger partial charge >= 0.3 is 138 Å². The second-order valence-corrected chi connectivity index (χ2v) is 1.54. The molecular formula is C4H11K2MgNO4. The van der Waals surface area contributed by atoms with Crippen LogP contribution in [0.3, 0.4) is 0 Å². The summed E-state index contributed by atoms with van der Waals surface area (Å²) in [5.74, 6) is -2.50. The molecular weight excluding hydrogens is 229 g/mol. The molecule has 0 saturated heterocycles. The number of hydrogen-bond donors (Lipinski definition) is 3. The summed E-state index contributed by atoms with van der Waals surface area (Å²) in [6.45, 7) is 0. The van der Waals surface area contributed by atoms with Crippen molar-refractivity contribution < 1.29 is 128 Å². The van der Waals surface area contributed by atoms with Crippen molar-refractivity contribution in [1.82, 2.24) is 0 Å². The molecule has 1 unspecified atom stereocenters. The van der Waals surface area contributed by atoms with Crippen LogP contribution in [0, 0.1) is 0 Å². The van der Waals surface area contributed by atoms with Gasteiger partial charge in [-0.1, -0.05) is 0 Å². The van der Waals surface area contributed by atoms with Crippen LogP contribution < -0.4 is 109 Å². The maximum atomic E-state index is 9.85. The second-order valence-electron chi connectivity index (χ2n) is 1.54. The zero-order valence-corrected chi connectivity index (χ0v) is 14.9. The molecule has 1 atom stereocenters. The van der Waals surface area contributed by atoms with Gasteiger partial charge in [0.25, 0.3) is 0 Å². The summed E-state index contributed by atoms with van der Waals surface area (Å²) in [5.41, 5.74) is 4.84. The number of aliphatic carboxylic acids is 2. The fourth-order valence-corrected chi connectivity index (χ4v) is 0.275. The Morgan fingerprint density at radius 3 is 1.75 bits per heavy atom. The van der Waals surface area contributed by atoms with E-state index in [1.807, 2.05) is 0 Å². The molecule has 0 amide bonds. The molecule has 0 radical (unpaired) electrons. The average molecular weight is 240 g/mol. The van der Waals surface area contributed by atoms with E-state index < -0.39 is 24.4 Å². The first-order valence-corrected chi connectivity index (χ1v) is 2.24. The summed E-state index contributed by atoms with van der Waals surface area (Å²) < 4.78 is 0. The summed E-state index contributed by atoms with van der Waals surface area (Å²) >= 11 is 0. The second kappa shape index (κ2) is 13.9. The number of nitrogens with two attached hydrogens (primary N) is 1. The summed E-state index contributed by atoms with van der Waals surface area (Å²) in [4.78, 5) is 19.6. The number of carboxylic acids is 2. The molecule has 0 aromatic rings. The van der Waals surface area contributed by atoms with Gasteiger partial charge < -0.3 is 21.7 Å². The molecule has 0 fully saturated rings. The Kier molecular flexibility index (Phi) is 28.2. The van der Waals surface area contributed by atoms with Gasteiger partial charge in [0.05, 0.1) is 6.42 Å². The Labute approximate surface area is 177 Å². The van der Waals surface area contributed by atoms with E-state index in [0.717, 1.165) is 0 Å². The Balaban J connectivity index is -0.0000000152. The zero-order valence-electron chi connectivity index (χ0n) is 11.3. The SMILES string of the molecule is NC(CC(=O)O)C(=O)O.[H-].[H-].[H-].[H-].[K+].[K+].[Mg+2]. The third kappa shape index (κ3) is 15.4. The number of carbonyl (C=O) groups is 2. The van der Waals surface area contributed by atoms with E-state index >= 15 is 0 Å². The molecule has 0 aromatic heterocycles. The maximum absolute atomic E-state index is 9.85. The molecule has 0 aromatic carbocycles. The summed E-state index contributed by atoms with van der Waals surface area (Å²) in [6, 6.07) is -1.29. The van der Waals surface area contributed by atoms with Crippen LogP contribution in [0.5, 0.6) is 0 Å². The van der Waals surface area contributed by atoms with Crippen molar-refractivity contribution in [2.75, 3.05) is 0 Å². The first-order chi connectivity index (χ1) is 4.04. The molecule has 0 aliphatic rings. The van der Waals surface area contributed by atoms with E-state index in [2.05, 4.69) is 0 Å². The van der Waals surface area contributed by atoms with Gasteiger partial charge in [-0.2, -0.15) is 0 Å². The van der Waals surface area contributed by atoms with Crippen LogP contribution >= 0.6 is 0 Å². The molecule has 0 aliphatic carbocycles. The Morgan fingerprint density at radius 1 is 1.33 bits per heavy atom. The van der Waals surface area contributed by atoms with E-state index in [4.69, 9.17) is 15.9 Å². The van der Waals surface area contributed by atoms with Crippen LogP contribution in [0.15, 0.2) is 0 Å². The van der Waals surface area contributed by atoms with E-state index in [0.29, 0.717) is 0 Å². The minimum Gasteiger partial charge on any atom is -1.00 e. The van der Waals surface area contributed by atoms with Crippen LogP contribution in [0.4, 0.5) is 0 Å². The van der Waals surface area contributed by atoms with Crippen LogP contribution in [-0.4, -0.2) is 51.2 Å². The molecule has 0 rings (SSSR count). The molecule has 12 heavy (non-hydrogen) atoms. The molecule has 0 spiro atoms. The molecule has 4 N–H and O–H groups in total. The van der Waals surface area contributed by atoms with Crippen molar-refractivity contribution in [1.29, 1.82) is 0 Å². The summed E-state index contributed by atoms with van der Waals surface area (Å²) in [5, 5.41) is 16.0. The molecule has 0 saturated carbocycles. The largest absolute Gasteiger partial charge is 2.00 e. The van der Waals surface area contributed by atoms with E-state index in [1.165, 1.54) is 0 Å². The van der Waals surface area contributed by atoms with Gasteiger partial charge in [0.2, 0.25) is 0 Å². The predicted molar refractivity (Wildman–Crippen MR) is 38.1 cm³/mol. The Hall–Kier alpha value is 2.94. The van der Waals surface area contributed by atoms with Crippen LogP contribution in [0.2, 0.25) is 0 Å².